The van der Waals surface area contributed by atoms with Crippen molar-refractivity contribution in [3.63, 3.8) is 0 Å². The minimum atomic E-state index is -3.15. The second-order valence-corrected chi connectivity index (χ2v) is 7.43. The maximum atomic E-state index is 12.0. The van der Waals surface area contributed by atoms with Crippen molar-refractivity contribution in [2.45, 2.75) is 37.5 Å². The highest BCUT2D eigenvalue weighted by Crippen LogP contribution is 2.28. The van der Waals surface area contributed by atoms with Crippen LogP contribution in [0.5, 0.6) is 0 Å². The van der Waals surface area contributed by atoms with Crippen molar-refractivity contribution >= 4 is 9.84 Å². The van der Waals surface area contributed by atoms with E-state index >= 15 is 0 Å². The highest BCUT2D eigenvalue weighted by atomic mass is 32.2. The molecule has 4 N–H and O–H groups in total. The molecular weight excluding hydrogens is 272 g/mol. The molecule has 0 aromatic heterocycles. The van der Waals surface area contributed by atoms with E-state index in [9.17, 15) is 8.42 Å². The number of hydrogen-bond acceptors (Lipinski definition) is 4. The minimum Gasteiger partial charge on any atom is -0.330 e. The van der Waals surface area contributed by atoms with Crippen molar-refractivity contribution < 1.29 is 8.42 Å². The average Bonchev–Trinajstić information content (AvgIpc) is 2.48. The standard InChI is InChI=1S/C15H26N2O2S/c1-3-13(8-12(10-16)11-17)14-6-5-7-15(9-14)20(18,19)4-2/h5-7,9,12-13H,3-4,8,10-11,16-17H2,1-2H3. The first kappa shape index (κ1) is 17.1. The van der Waals surface area contributed by atoms with E-state index in [1.165, 1.54) is 0 Å². The first-order chi connectivity index (χ1) is 9.48. The van der Waals surface area contributed by atoms with Crippen LogP contribution in [0.15, 0.2) is 29.2 Å². The molecule has 0 aliphatic carbocycles. The number of rotatable bonds is 8. The lowest BCUT2D eigenvalue weighted by Crippen LogP contribution is -2.25. The van der Waals surface area contributed by atoms with E-state index < -0.39 is 9.84 Å². The summed E-state index contributed by atoms with van der Waals surface area (Å²) in [5.74, 6) is 0.715. The van der Waals surface area contributed by atoms with E-state index in [-0.39, 0.29) is 11.7 Å². The third-order valence-corrected chi connectivity index (χ3v) is 5.58. The molecule has 0 heterocycles. The van der Waals surface area contributed by atoms with Gasteiger partial charge in [-0.2, -0.15) is 0 Å². The first-order valence-electron chi connectivity index (χ1n) is 7.21. The van der Waals surface area contributed by atoms with E-state index in [2.05, 4.69) is 6.92 Å². The second kappa shape index (κ2) is 7.76. The van der Waals surface area contributed by atoms with E-state index in [0.29, 0.717) is 23.9 Å². The maximum Gasteiger partial charge on any atom is 0.178 e. The minimum absolute atomic E-state index is 0.126. The van der Waals surface area contributed by atoms with Crippen LogP contribution in [0.3, 0.4) is 0 Å². The van der Waals surface area contributed by atoms with Crippen LogP contribution in [0.25, 0.3) is 0 Å². The monoisotopic (exact) mass is 298 g/mol. The van der Waals surface area contributed by atoms with Crippen LogP contribution < -0.4 is 11.5 Å². The normalized spacial score (nSPS) is 13.7. The van der Waals surface area contributed by atoms with Gasteiger partial charge in [0.05, 0.1) is 10.6 Å². The molecule has 5 heteroatoms. The Kier molecular flexibility index (Phi) is 6.65. The van der Waals surface area contributed by atoms with Gasteiger partial charge in [0, 0.05) is 0 Å². The summed E-state index contributed by atoms with van der Waals surface area (Å²) in [6.07, 6.45) is 1.85. The molecule has 1 unspecified atom stereocenters. The van der Waals surface area contributed by atoms with Crippen LogP contribution in [0, 0.1) is 5.92 Å². The van der Waals surface area contributed by atoms with Gasteiger partial charge < -0.3 is 11.5 Å². The van der Waals surface area contributed by atoms with Crippen molar-refractivity contribution in [2.75, 3.05) is 18.8 Å². The molecule has 0 saturated carbocycles. The zero-order chi connectivity index (χ0) is 15.2. The Morgan fingerprint density at radius 3 is 2.30 bits per heavy atom. The van der Waals surface area contributed by atoms with Crippen LogP contribution in [-0.2, 0) is 9.84 Å². The molecule has 1 aromatic carbocycles. The van der Waals surface area contributed by atoms with Crippen molar-refractivity contribution in [1.82, 2.24) is 0 Å². The van der Waals surface area contributed by atoms with Crippen molar-refractivity contribution in [3.05, 3.63) is 29.8 Å². The summed E-state index contributed by atoms with van der Waals surface area (Å²) in [6, 6.07) is 7.28. The Balaban J connectivity index is 3.02. The zero-order valence-electron chi connectivity index (χ0n) is 12.4. The summed E-state index contributed by atoms with van der Waals surface area (Å²) in [5.41, 5.74) is 12.5. The molecular formula is C15H26N2O2S. The molecule has 0 amide bonds. The Bertz CT molecular complexity index is 510. The lowest BCUT2D eigenvalue weighted by molar-refractivity contribution is 0.442. The van der Waals surface area contributed by atoms with Crippen molar-refractivity contribution in [2.24, 2.45) is 17.4 Å². The summed E-state index contributed by atoms with van der Waals surface area (Å²) >= 11 is 0. The van der Waals surface area contributed by atoms with Crippen LogP contribution in [0.1, 0.15) is 38.2 Å². The van der Waals surface area contributed by atoms with Gasteiger partial charge in [-0.15, -0.1) is 0 Å². The molecule has 4 nitrogen and oxygen atoms in total. The summed E-state index contributed by atoms with van der Waals surface area (Å²) < 4.78 is 23.9. The van der Waals surface area contributed by atoms with Gasteiger partial charge in [-0.25, -0.2) is 8.42 Å². The zero-order valence-corrected chi connectivity index (χ0v) is 13.2. The molecule has 0 spiro atoms. The van der Waals surface area contributed by atoms with Crippen LogP contribution in [0.2, 0.25) is 0 Å². The molecule has 0 aliphatic heterocycles. The van der Waals surface area contributed by atoms with Crippen molar-refractivity contribution in [3.8, 4) is 0 Å². The Labute approximate surface area is 122 Å². The number of hydrogen-bond donors (Lipinski definition) is 2. The molecule has 1 aromatic rings. The lowest BCUT2D eigenvalue weighted by atomic mass is 9.87. The average molecular weight is 298 g/mol. The molecule has 0 radical (unpaired) electrons. The fourth-order valence-electron chi connectivity index (χ4n) is 2.36. The Hall–Kier alpha value is -0.910. The molecule has 0 bridgehead atoms. The van der Waals surface area contributed by atoms with Gasteiger partial charge in [0.1, 0.15) is 0 Å². The third kappa shape index (κ3) is 4.30. The van der Waals surface area contributed by atoms with Gasteiger partial charge in [-0.3, -0.25) is 0 Å². The molecule has 1 atom stereocenters. The fourth-order valence-corrected chi connectivity index (χ4v) is 3.29. The third-order valence-electron chi connectivity index (χ3n) is 3.85. The summed E-state index contributed by atoms with van der Waals surface area (Å²) in [4.78, 5) is 0.410. The van der Waals surface area contributed by atoms with Gasteiger partial charge in [0.15, 0.2) is 9.84 Å². The summed E-state index contributed by atoms with van der Waals surface area (Å²) in [5, 5.41) is 0. The van der Waals surface area contributed by atoms with Crippen molar-refractivity contribution in [1.29, 1.82) is 0 Å². The molecule has 114 valence electrons. The van der Waals surface area contributed by atoms with E-state index in [1.807, 2.05) is 12.1 Å². The Morgan fingerprint density at radius 1 is 1.15 bits per heavy atom. The molecule has 20 heavy (non-hydrogen) atoms. The number of benzene rings is 1. The van der Waals surface area contributed by atoms with Gasteiger partial charge in [-0.1, -0.05) is 26.0 Å². The molecule has 0 aliphatic rings. The van der Waals surface area contributed by atoms with E-state index in [4.69, 9.17) is 11.5 Å². The predicted octanol–water partition coefficient (Wildman–Crippen LogP) is 1.90. The van der Waals surface area contributed by atoms with Gasteiger partial charge in [0.25, 0.3) is 0 Å². The first-order valence-corrected chi connectivity index (χ1v) is 8.86. The number of nitrogens with two attached hydrogens (primary N) is 2. The van der Waals surface area contributed by atoms with Gasteiger partial charge in [-0.05, 0) is 55.5 Å². The number of sulfone groups is 1. The predicted molar refractivity (Wildman–Crippen MR) is 83.4 cm³/mol. The molecule has 0 fully saturated rings. The lowest BCUT2D eigenvalue weighted by Gasteiger charge is -2.21. The largest absolute Gasteiger partial charge is 0.330 e. The van der Waals surface area contributed by atoms with E-state index in [0.717, 1.165) is 18.4 Å². The SMILES string of the molecule is CCC(CC(CN)CN)c1cccc(S(=O)(=O)CC)c1. The van der Waals surface area contributed by atoms with Crippen LogP contribution in [0.4, 0.5) is 0 Å². The highest BCUT2D eigenvalue weighted by Gasteiger charge is 2.18. The molecule has 0 saturated heterocycles. The quantitative estimate of drug-likeness (QED) is 0.767. The topological polar surface area (TPSA) is 86.2 Å². The van der Waals surface area contributed by atoms with Crippen LogP contribution >= 0.6 is 0 Å². The Morgan fingerprint density at radius 2 is 1.80 bits per heavy atom. The van der Waals surface area contributed by atoms with Gasteiger partial charge >= 0.3 is 0 Å². The highest BCUT2D eigenvalue weighted by molar-refractivity contribution is 7.91. The maximum absolute atomic E-state index is 12.0. The van der Waals surface area contributed by atoms with Gasteiger partial charge in [0.2, 0.25) is 0 Å². The summed E-state index contributed by atoms with van der Waals surface area (Å²) in [7, 11) is -3.15. The summed E-state index contributed by atoms with van der Waals surface area (Å²) in [6.45, 7) is 4.91. The second-order valence-electron chi connectivity index (χ2n) is 5.15. The van der Waals surface area contributed by atoms with E-state index in [1.54, 1.807) is 19.1 Å². The smallest absolute Gasteiger partial charge is 0.178 e. The fraction of sp³-hybridized carbons (Fsp3) is 0.600. The molecule has 1 rings (SSSR count). The van der Waals surface area contributed by atoms with Crippen LogP contribution in [-0.4, -0.2) is 27.3 Å².